The molecule has 0 radical (unpaired) electrons. The molecule has 5 nitrogen and oxygen atoms in total. The summed E-state index contributed by atoms with van der Waals surface area (Å²) in [5, 5.41) is 0. The van der Waals surface area contributed by atoms with E-state index in [9.17, 15) is 40.2 Å². The lowest BCUT2D eigenvalue weighted by Gasteiger charge is -2.33. The first-order chi connectivity index (χ1) is 8.44. The summed E-state index contributed by atoms with van der Waals surface area (Å²) in [5.74, 6) is -2.97. The molecule has 0 saturated heterocycles. The Bertz CT molecular complexity index is 326. The summed E-state index contributed by atoms with van der Waals surface area (Å²) in [6.07, 6.45) is -12.8. The maximum Gasteiger partial charge on any atom is 0.757 e. The standard InChI is InChI=1S/C6H4BF7O5/c1-17-3(16)4(5(8,9)10,6(11,12)13)19-7(14)18-2-15/h2H,1H3. The van der Waals surface area contributed by atoms with Crippen molar-refractivity contribution in [3.63, 3.8) is 0 Å². The highest BCUT2D eigenvalue weighted by Gasteiger charge is 2.79. The zero-order valence-corrected chi connectivity index (χ0v) is 8.84. The molecule has 0 aliphatic carbocycles. The minimum absolute atomic E-state index is 0.200. The number of rotatable bonds is 5. The predicted octanol–water partition coefficient (Wildman–Crippen LogP) is 1.17. The van der Waals surface area contributed by atoms with Crippen molar-refractivity contribution < 1.29 is 54.3 Å². The first kappa shape index (κ1) is 17.5. The smallest absolute Gasteiger partial charge is 0.484 e. The largest absolute Gasteiger partial charge is 0.757 e. The van der Waals surface area contributed by atoms with Crippen molar-refractivity contribution in [1.29, 1.82) is 0 Å². The Balaban J connectivity index is 5.79. The molecule has 0 N–H and O–H groups in total. The third kappa shape index (κ3) is 3.27. The quantitative estimate of drug-likeness (QED) is 0.330. The van der Waals surface area contributed by atoms with Crippen molar-refractivity contribution in [2.45, 2.75) is 18.0 Å². The molecule has 0 aromatic heterocycles. The molecule has 0 spiro atoms. The van der Waals surface area contributed by atoms with Crippen LogP contribution in [0.25, 0.3) is 0 Å². The van der Waals surface area contributed by atoms with E-state index in [0.717, 1.165) is 0 Å². The monoisotopic (exact) mass is 300 g/mol. The normalized spacial score (nSPS) is 12.8. The van der Waals surface area contributed by atoms with Gasteiger partial charge in [-0.05, 0) is 0 Å². The van der Waals surface area contributed by atoms with Crippen molar-refractivity contribution in [3.8, 4) is 0 Å². The molecule has 0 aliphatic rings. The number of hydrogen-bond donors (Lipinski definition) is 0. The molecule has 0 fully saturated rings. The Morgan fingerprint density at radius 2 is 1.53 bits per heavy atom. The molecule has 0 aromatic carbocycles. The number of halogens is 7. The fraction of sp³-hybridized carbons (Fsp3) is 0.667. The highest BCUT2D eigenvalue weighted by Crippen LogP contribution is 2.47. The molecule has 0 aliphatic heterocycles. The Morgan fingerprint density at radius 1 is 1.11 bits per heavy atom. The fourth-order valence-electron chi connectivity index (χ4n) is 0.928. The molecule has 19 heavy (non-hydrogen) atoms. The van der Waals surface area contributed by atoms with Crippen molar-refractivity contribution in [1.82, 2.24) is 0 Å². The topological polar surface area (TPSA) is 61.8 Å². The molecule has 0 unspecified atom stereocenters. The fourth-order valence-corrected chi connectivity index (χ4v) is 0.928. The predicted molar refractivity (Wildman–Crippen MR) is 42.0 cm³/mol. The molecule has 0 amide bonds. The number of ether oxygens (including phenoxy) is 1. The second-order valence-corrected chi connectivity index (χ2v) is 2.79. The Morgan fingerprint density at radius 3 is 1.79 bits per heavy atom. The third-order valence-corrected chi connectivity index (χ3v) is 1.70. The molecule has 0 saturated carbocycles. The van der Waals surface area contributed by atoms with Crippen LogP contribution in [0.2, 0.25) is 0 Å². The van der Waals surface area contributed by atoms with Crippen LogP contribution in [0.15, 0.2) is 0 Å². The van der Waals surface area contributed by atoms with E-state index < -0.39 is 37.8 Å². The van der Waals surface area contributed by atoms with Gasteiger partial charge in [0.1, 0.15) is 0 Å². The first-order valence-corrected chi connectivity index (χ1v) is 4.07. The van der Waals surface area contributed by atoms with Gasteiger partial charge < -0.3 is 14.0 Å². The third-order valence-electron chi connectivity index (χ3n) is 1.70. The highest BCUT2D eigenvalue weighted by atomic mass is 19.4. The van der Waals surface area contributed by atoms with E-state index in [1.807, 2.05) is 0 Å². The van der Waals surface area contributed by atoms with E-state index in [1.165, 1.54) is 0 Å². The van der Waals surface area contributed by atoms with Crippen molar-refractivity contribution in [3.05, 3.63) is 0 Å². The van der Waals surface area contributed by atoms with Gasteiger partial charge in [0.05, 0.1) is 7.11 Å². The van der Waals surface area contributed by atoms with Gasteiger partial charge in [0.25, 0.3) is 6.47 Å². The van der Waals surface area contributed by atoms with E-state index >= 15 is 0 Å². The van der Waals surface area contributed by atoms with Crippen LogP contribution in [0, 0.1) is 0 Å². The second-order valence-electron chi connectivity index (χ2n) is 2.79. The van der Waals surface area contributed by atoms with Crippen LogP contribution in [0.5, 0.6) is 0 Å². The number of methoxy groups -OCH3 is 1. The van der Waals surface area contributed by atoms with Crippen LogP contribution >= 0.6 is 0 Å². The zero-order chi connectivity index (χ0) is 15.5. The average molecular weight is 300 g/mol. The summed E-state index contributed by atoms with van der Waals surface area (Å²) < 4.78 is 96.6. The number of alkyl halides is 6. The van der Waals surface area contributed by atoms with Gasteiger partial charge in [0.2, 0.25) is 0 Å². The molecular formula is C6H4BF7O5. The van der Waals surface area contributed by atoms with Gasteiger partial charge in [-0.25, -0.2) is 9.11 Å². The van der Waals surface area contributed by atoms with Crippen LogP contribution < -0.4 is 0 Å². The lowest BCUT2D eigenvalue weighted by molar-refractivity contribution is -0.352. The van der Waals surface area contributed by atoms with Gasteiger partial charge in [-0.2, -0.15) is 26.3 Å². The lowest BCUT2D eigenvalue weighted by Crippen LogP contribution is -2.66. The Hall–Kier alpha value is -1.53. The number of esters is 1. The summed E-state index contributed by atoms with van der Waals surface area (Å²) in [6, 6.07) is 0. The Kier molecular flexibility index (Phi) is 5.18. The van der Waals surface area contributed by atoms with E-state index in [0.29, 0.717) is 0 Å². The van der Waals surface area contributed by atoms with Gasteiger partial charge >= 0.3 is 31.3 Å². The van der Waals surface area contributed by atoms with Crippen molar-refractivity contribution >= 4 is 19.8 Å². The number of carbonyl (C=O) groups excluding carboxylic acids is 2. The van der Waals surface area contributed by atoms with E-state index in [1.54, 1.807) is 0 Å². The number of carbonyl (C=O) groups is 2. The summed E-state index contributed by atoms with van der Waals surface area (Å²) in [5.41, 5.74) is -5.61. The minimum Gasteiger partial charge on any atom is -0.484 e. The van der Waals surface area contributed by atoms with Crippen LogP contribution in [-0.4, -0.2) is 44.9 Å². The molecule has 0 bridgehead atoms. The van der Waals surface area contributed by atoms with Crippen LogP contribution in [0.4, 0.5) is 30.7 Å². The molecule has 0 atom stereocenters. The molecule has 0 rings (SSSR count). The van der Waals surface area contributed by atoms with Crippen LogP contribution in [0.3, 0.4) is 0 Å². The maximum absolute atomic E-state index is 12.6. The summed E-state index contributed by atoms with van der Waals surface area (Å²) in [7, 11) is -3.58. The molecule has 0 aromatic rings. The summed E-state index contributed by atoms with van der Waals surface area (Å²) in [4.78, 5) is 20.4. The average Bonchev–Trinajstić information content (AvgIpc) is 2.21. The maximum atomic E-state index is 12.6. The zero-order valence-electron chi connectivity index (χ0n) is 8.84. The van der Waals surface area contributed by atoms with Gasteiger partial charge in [-0.1, -0.05) is 0 Å². The SMILES string of the molecule is COC(=O)C(OB(F)OC=O)(C(F)(F)F)C(F)(F)F. The Labute approximate surface area is 100 Å². The van der Waals surface area contributed by atoms with E-state index in [2.05, 4.69) is 14.0 Å². The van der Waals surface area contributed by atoms with Crippen molar-refractivity contribution in [2.24, 2.45) is 0 Å². The van der Waals surface area contributed by atoms with Gasteiger partial charge in [0, 0.05) is 0 Å². The first-order valence-electron chi connectivity index (χ1n) is 4.07. The van der Waals surface area contributed by atoms with Gasteiger partial charge in [-0.3, -0.25) is 4.79 Å². The van der Waals surface area contributed by atoms with E-state index in [-0.39, 0.29) is 7.11 Å². The minimum atomic E-state index is -6.41. The molecule has 0 heterocycles. The van der Waals surface area contributed by atoms with Crippen LogP contribution in [0.1, 0.15) is 0 Å². The van der Waals surface area contributed by atoms with Crippen LogP contribution in [-0.2, 0) is 23.6 Å². The summed E-state index contributed by atoms with van der Waals surface area (Å²) in [6.45, 7) is -0.806. The van der Waals surface area contributed by atoms with Gasteiger partial charge in [0.15, 0.2) is 0 Å². The van der Waals surface area contributed by atoms with Gasteiger partial charge in [-0.15, -0.1) is 0 Å². The van der Waals surface area contributed by atoms with E-state index in [4.69, 9.17) is 0 Å². The molecular weight excluding hydrogens is 296 g/mol. The molecule has 13 heteroatoms. The second kappa shape index (κ2) is 5.63. The lowest BCUT2D eigenvalue weighted by atomic mass is 10.0. The van der Waals surface area contributed by atoms with Crippen molar-refractivity contribution in [2.75, 3.05) is 7.11 Å². The molecule has 110 valence electrons. The highest BCUT2D eigenvalue weighted by molar-refractivity contribution is 6.38. The summed E-state index contributed by atoms with van der Waals surface area (Å²) >= 11 is 0. The number of hydrogen-bond acceptors (Lipinski definition) is 5.